The molecule has 1 N–H and O–H groups in total. The van der Waals surface area contributed by atoms with E-state index in [0.29, 0.717) is 5.56 Å². The molecule has 2 heterocycles. The molecule has 4 nitrogen and oxygen atoms in total. The highest BCUT2D eigenvalue weighted by molar-refractivity contribution is 6.05. The number of aromatic amines is 1. The maximum absolute atomic E-state index is 12.5. The van der Waals surface area contributed by atoms with Crippen molar-refractivity contribution >= 4 is 16.8 Å². The Morgan fingerprint density at radius 3 is 2.64 bits per heavy atom. The summed E-state index contributed by atoms with van der Waals surface area (Å²) in [6.45, 7) is 0.521. The number of hydrogen-bond acceptors (Lipinski definition) is 2. The van der Waals surface area contributed by atoms with Crippen LogP contribution in [0.1, 0.15) is 23.2 Å². The van der Waals surface area contributed by atoms with Crippen LogP contribution in [0.4, 0.5) is 13.2 Å². The van der Waals surface area contributed by atoms with Crippen molar-refractivity contribution in [1.82, 2.24) is 9.88 Å². The Kier molecular flexibility index (Phi) is 3.82. The van der Waals surface area contributed by atoms with E-state index >= 15 is 0 Å². The Labute approximate surface area is 124 Å². The van der Waals surface area contributed by atoms with Crippen molar-refractivity contribution in [2.75, 3.05) is 13.1 Å². The molecule has 1 aliphatic rings. The normalized spacial score (nSPS) is 17.1. The van der Waals surface area contributed by atoms with E-state index in [1.54, 1.807) is 23.2 Å². The highest BCUT2D eigenvalue weighted by atomic mass is 19.4. The first-order valence-electron chi connectivity index (χ1n) is 7.04. The van der Waals surface area contributed by atoms with E-state index in [1.165, 1.54) is 0 Å². The minimum absolute atomic E-state index is 0.168. The van der Waals surface area contributed by atoms with E-state index in [2.05, 4.69) is 9.72 Å². The Hall–Kier alpha value is -2.02. The Morgan fingerprint density at radius 2 is 1.95 bits per heavy atom. The van der Waals surface area contributed by atoms with Gasteiger partial charge in [0, 0.05) is 24.7 Å². The number of carbonyl (C=O) groups excluding carboxylic acids is 1. The standard InChI is InChI=1S/C15H15F3N2O2/c16-15(17,18)22-11-5-8-20(9-6-11)14(21)12-3-1-2-10-4-7-19-13(10)12/h1-4,7,11,19H,5-6,8-9H2. The Morgan fingerprint density at radius 1 is 1.23 bits per heavy atom. The zero-order valence-electron chi connectivity index (χ0n) is 11.7. The molecule has 3 rings (SSSR count). The number of piperidine rings is 1. The Bertz CT molecular complexity index is 673. The number of rotatable bonds is 2. The van der Waals surface area contributed by atoms with Crippen LogP contribution in [0, 0.1) is 0 Å². The minimum Gasteiger partial charge on any atom is -0.361 e. The van der Waals surface area contributed by atoms with E-state index in [4.69, 9.17) is 0 Å². The largest absolute Gasteiger partial charge is 0.522 e. The van der Waals surface area contributed by atoms with Crippen LogP contribution >= 0.6 is 0 Å². The summed E-state index contributed by atoms with van der Waals surface area (Å²) < 4.78 is 40.6. The van der Waals surface area contributed by atoms with Gasteiger partial charge in [-0.05, 0) is 25.0 Å². The maximum atomic E-state index is 12.5. The van der Waals surface area contributed by atoms with Crippen LogP contribution in [0.2, 0.25) is 0 Å². The number of ether oxygens (including phenoxy) is 1. The molecular weight excluding hydrogens is 297 g/mol. The average Bonchev–Trinajstić information content (AvgIpc) is 2.94. The zero-order chi connectivity index (χ0) is 15.7. The van der Waals surface area contributed by atoms with Crippen molar-refractivity contribution in [3.63, 3.8) is 0 Å². The van der Waals surface area contributed by atoms with Crippen LogP contribution in [-0.2, 0) is 4.74 Å². The number of aromatic nitrogens is 1. The molecule has 1 aliphatic heterocycles. The lowest BCUT2D eigenvalue weighted by molar-refractivity contribution is -0.345. The number of fused-ring (bicyclic) bond motifs is 1. The minimum atomic E-state index is -4.62. The van der Waals surface area contributed by atoms with Gasteiger partial charge in [0.15, 0.2) is 0 Å². The maximum Gasteiger partial charge on any atom is 0.522 e. The molecule has 0 bridgehead atoms. The van der Waals surface area contributed by atoms with Crippen molar-refractivity contribution in [2.45, 2.75) is 25.3 Å². The summed E-state index contributed by atoms with van der Waals surface area (Å²) in [4.78, 5) is 17.1. The first-order chi connectivity index (χ1) is 10.4. The van der Waals surface area contributed by atoms with Gasteiger partial charge in [-0.25, -0.2) is 0 Å². The number of hydrogen-bond donors (Lipinski definition) is 1. The van der Waals surface area contributed by atoms with Crippen molar-refractivity contribution in [2.24, 2.45) is 0 Å². The number of halogens is 3. The van der Waals surface area contributed by atoms with E-state index in [0.717, 1.165) is 10.9 Å². The molecule has 1 fully saturated rings. The van der Waals surface area contributed by atoms with Gasteiger partial charge in [0.1, 0.15) is 0 Å². The Balaban J connectivity index is 1.69. The monoisotopic (exact) mass is 312 g/mol. The van der Waals surface area contributed by atoms with Crippen LogP contribution in [0.15, 0.2) is 30.5 Å². The smallest absolute Gasteiger partial charge is 0.361 e. The van der Waals surface area contributed by atoms with Gasteiger partial charge in [-0.1, -0.05) is 12.1 Å². The number of carbonyl (C=O) groups is 1. The van der Waals surface area contributed by atoms with Gasteiger partial charge in [0.25, 0.3) is 5.91 Å². The molecule has 1 aromatic carbocycles. The van der Waals surface area contributed by atoms with Gasteiger partial charge >= 0.3 is 6.36 Å². The molecule has 2 aromatic rings. The first-order valence-corrected chi connectivity index (χ1v) is 7.04. The first kappa shape index (κ1) is 14.9. The fraction of sp³-hybridized carbons (Fsp3) is 0.400. The second kappa shape index (κ2) is 5.64. The lowest BCUT2D eigenvalue weighted by atomic mass is 10.1. The number of alkyl halides is 3. The van der Waals surface area contributed by atoms with Crippen LogP contribution < -0.4 is 0 Å². The molecule has 0 aliphatic carbocycles. The molecule has 0 saturated carbocycles. The lowest BCUT2D eigenvalue weighted by Crippen LogP contribution is -2.42. The van der Waals surface area contributed by atoms with Crippen molar-refractivity contribution in [3.05, 3.63) is 36.0 Å². The molecule has 22 heavy (non-hydrogen) atoms. The van der Waals surface area contributed by atoms with Gasteiger partial charge < -0.3 is 9.88 Å². The molecule has 0 radical (unpaired) electrons. The number of amides is 1. The molecule has 0 unspecified atom stereocenters. The number of para-hydroxylation sites is 1. The van der Waals surface area contributed by atoms with Gasteiger partial charge in [0.2, 0.25) is 0 Å². The summed E-state index contributed by atoms with van der Waals surface area (Å²) in [5, 5.41) is 0.932. The lowest BCUT2D eigenvalue weighted by Gasteiger charge is -2.32. The SMILES string of the molecule is O=C(c1cccc2cc[nH]c12)N1CCC(OC(F)(F)F)CC1. The fourth-order valence-corrected chi connectivity index (χ4v) is 2.80. The van der Waals surface area contributed by atoms with Crippen LogP contribution in [0.3, 0.4) is 0 Å². The average molecular weight is 312 g/mol. The molecule has 1 amide bonds. The predicted molar refractivity (Wildman–Crippen MR) is 74.4 cm³/mol. The summed E-state index contributed by atoms with van der Waals surface area (Å²) >= 11 is 0. The fourth-order valence-electron chi connectivity index (χ4n) is 2.80. The second-order valence-electron chi connectivity index (χ2n) is 5.30. The highest BCUT2D eigenvalue weighted by Crippen LogP contribution is 2.26. The number of benzene rings is 1. The summed E-state index contributed by atoms with van der Waals surface area (Å²) in [6.07, 6.45) is -3.36. The topological polar surface area (TPSA) is 45.3 Å². The number of nitrogens with zero attached hydrogens (tertiary/aromatic N) is 1. The van der Waals surface area contributed by atoms with Gasteiger partial charge in [-0.15, -0.1) is 13.2 Å². The highest BCUT2D eigenvalue weighted by Gasteiger charge is 2.35. The summed E-state index contributed by atoms with van der Waals surface area (Å²) in [5.74, 6) is -0.168. The van der Waals surface area contributed by atoms with E-state index in [9.17, 15) is 18.0 Å². The molecule has 1 aromatic heterocycles. The van der Waals surface area contributed by atoms with Crippen LogP contribution in [0.5, 0.6) is 0 Å². The van der Waals surface area contributed by atoms with Gasteiger partial charge in [-0.2, -0.15) is 0 Å². The molecule has 7 heteroatoms. The van der Waals surface area contributed by atoms with E-state index < -0.39 is 12.5 Å². The number of nitrogens with one attached hydrogen (secondary N) is 1. The van der Waals surface area contributed by atoms with Crippen molar-refractivity contribution < 1.29 is 22.7 Å². The molecular formula is C15H15F3N2O2. The molecule has 118 valence electrons. The van der Waals surface area contributed by atoms with Crippen LogP contribution in [-0.4, -0.2) is 41.3 Å². The zero-order valence-corrected chi connectivity index (χ0v) is 11.7. The number of likely N-dealkylation sites (tertiary alicyclic amines) is 1. The summed E-state index contributed by atoms with van der Waals surface area (Å²) in [6, 6.07) is 7.28. The van der Waals surface area contributed by atoms with Gasteiger partial charge in [0.05, 0.1) is 17.2 Å². The quantitative estimate of drug-likeness (QED) is 0.924. The summed E-state index contributed by atoms with van der Waals surface area (Å²) in [7, 11) is 0. The van der Waals surface area contributed by atoms with Crippen molar-refractivity contribution in [3.8, 4) is 0 Å². The second-order valence-corrected chi connectivity index (χ2v) is 5.30. The van der Waals surface area contributed by atoms with E-state index in [1.807, 2.05) is 12.1 Å². The van der Waals surface area contributed by atoms with Crippen molar-refractivity contribution in [1.29, 1.82) is 0 Å². The third-order valence-corrected chi connectivity index (χ3v) is 3.85. The predicted octanol–water partition coefficient (Wildman–Crippen LogP) is 3.31. The van der Waals surface area contributed by atoms with Gasteiger partial charge in [-0.3, -0.25) is 9.53 Å². The number of H-pyrrole nitrogens is 1. The molecule has 1 saturated heterocycles. The third kappa shape index (κ3) is 3.09. The molecule has 0 atom stereocenters. The van der Waals surface area contributed by atoms with Crippen LogP contribution in [0.25, 0.3) is 10.9 Å². The molecule has 0 spiro atoms. The van der Waals surface area contributed by atoms with E-state index in [-0.39, 0.29) is 31.8 Å². The third-order valence-electron chi connectivity index (χ3n) is 3.85. The summed E-state index contributed by atoms with van der Waals surface area (Å²) in [5.41, 5.74) is 1.29.